The van der Waals surface area contributed by atoms with Crippen molar-refractivity contribution in [1.29, 1.82) is 0 Å². The first-order chi connectivity index (χ1) is 9.55. The minimum absolute atomic E-state index is 0.0699. The maximum Gasteiger partial charge on any atom is 0.338 e. The number of esters is 2. The van der Waals surface area contributed by atoms with Gasteiger partial charge in [0.1, 0.15) is 11.9 Å². The summed E-state index contributed by atoms with van der Waals surface area (Å²) < 4.78 is 14.9. The number of hydrogen-bond acceptors (Lipinski definition) is 6. The van der Waals surface area contributed by atoms with Crippen molar-refractivity contribution in [2.45, 2.75) is 25.0 Å². The molecule has 0 atom stereocenters. The molecule has 1 aromatic carbocycles. The topological polar surface area (TPSA) is 82.1 Å². The molecule has 0 radical (unpaired) electrons. The quantitative estimate of drug-likeness (QED) is 0.833. The van der Waals surface area contributed by atoms with Crippen LogP contribution in [0.25, 0.3) is 0 Å². The molecule has 0 saturated heterocycles. The third-order valence-electron chi connectivity index (χ3n) is 3.17. The zero-order chi connectivity index (χ0) is 14.7. The molecular weight excluding hydrogens is 264 g/mol. The Morgan fingerprint density at radius 1 is 1.10 bits per heavy atom. The molecule has 1 aromatic rings. The second-order valence-corrected chi connectivity index (χ2v) is 4.56. The number of aliphatic hydroxyl groups is 1. The van der Waals surface area contributed by atoms with Crippen LogP contribution in [0.5, 0.6) is 5.75 Å². The molecule has 1 N–H and O–H groups in total. The number of hydrogen-bond donors (Lipinski definition) is 1. The Bertz CT molecular complexity index is 518. The lowest BCUT2D eigenvalue weighted by molar-refractivity contribution is -0.0108. The van der Waals surface area contributed by atoms with Crippen LogP contribution in [-0.2, 0) is 9.47 Å². The SMILES string of the molecule is COC(=O)c1ccc(O[C@H]2C[C@H](O)C2)cc1C(=O)OC. The zero-order valence-electron chi connectivity index (χ0n) is 11.3. The van der Waals surface area contributed by atoms with Gasteiger partial charge in [0.25, 0.3) is 0 Å². The lowest BCUT2D eigenvalue weighted by Crippen LogP contribution is -2.37. The molecule has 20 heavy (non-hydrogen) atoms. The number of methoxy groups -OCH3 is 2. The molecule has 1 fully saturated rings. The first-order valence-corrected chi connectivity index (χ1v) is 6.20. The average molecular weight is 280 g/mol. The van der Waals surface area contributed by atoms with Crippen molar-refractivity contribution in [2.24, 2.45) is 0 Å². The van der Waals surface area contributed by atoms with Gasteiger partial charge in [0.05, 0.1) is 31.5 Å². The summed E-state index contributed by atoms with van der Waals surface area (Å²) in [7, 11) is 2.47. The van der Waals surface area contributed by atoms with Crippen LogP contribution in [0.3, 0.4) is 0 Å². The van der Waals surface area contributed by atoms with Gasteiger partial charge in [-0.25, -0.2) is 9.59 Å². The van der Waals surface area contributed by atoms with Gasteiger partial charge in [0.15, 0.2) is 0 Å². The van der Waals surface area contributed by atoms with Gasteiger partial charge in [-0.3, -0.25) is 0 Å². The molecule has 1 saturated carbocycles. The van der Waals surface area contributed by atoms with E-state index in [0.29, 0.717) is 18.6 Å². The smallest absolute Gasteiger partial charge is 0.338 e. The van der Waals surface area contributed by atoms with E-state index in [0.717, 1.165) is 0 Å². The minimum Gasteiger partial charge on any atom is -0.490 e. The van der Waals surface area contributed by atoms with Crippen molar-refractivity contribution in [3.05, 3.63) is 29.3 Å². The van der Waals surface area contributed by atoms with Gasteiger partial charge in [-0.2, -0.15) is 0 Å². The maximum atomic E-state index is 11.7. The van der Waals surface area contributed by atoms with Crippen LogP contribution in [0.4, 0.5) is 0 Å². The second-order valence-electron chi connectivity index (χ2n) is 4.56. The molecule has 0 spiro atoms. The Balaban J connectivity index is 2.23. The van der Waals surface area contributed by atoms with Crippen molar-refractivity contribution in [3.8, 4) is 5.75 Å². The molecule has 0 unspecified atom stereocenters. The summed E-state index contributed by atoms with van der Waals surface area (Å²) in [4.78, 5) is 23.3. The molecule has 108 valence electrons. The van der Waals surface area contributed by atoms with Crippen molar-refractivity contribution in [3.63, 3.8) is 0 Å². The Morgan fingerprint density at radius 2 is 1.70 bits per heavy atom. The van der Waals surface area contributed by atoms with E-state index in [1.807, 2.05) is 0 Å². The standard InChI is InChI=1S/C14H16O6/c1-18-13(16)11-4-3-9(7-12(11)14(17)19-2)20-10-5-8(15)6-10/h3-4,7-8,10,15H,5-6H2,1-2H3/t8-,10-. The van der Waals surface area contributed by atoms with Crippen molar-refractivity contribution in [1.82, 2.24) is 0 Å². The maximum absolute atomic E-state index is 11.7. The Labute approximate surface area is 116 Å². The second kappa shape index (κ2) is 5.92. The van der Waals surface area contributed by atoms with Crippen LogP contribution >= 0.6 is 0 Å². The molecule has 0 aromatic heterocycles. The average Bonchev–Trinajstić information content (AvgIpc) is 2.43. The molecule has 2 rings (SSSR count). The Kier molecular flexibility index (Phi) is 4.24. The lowest BCUT2D eigenvalue weighted by Gasteiger charge is -2.31. The molecule has 1 aliphatic rings. The van der Waals surface area contributed by atoms with Crippen molar-refractivity contribution in [2.75, 3.05) is 14.2 Å². The van der Waals surface area contributed by atoms with Gasteiger partial charge in [-0.05, 0) is 18.2 Å². The third kappa shape index (κ3) is 2.91. The van der Waals surface area contributed by atoms with E-state index in [9.17, 15) is 14.7 Å². The number of carbonyl (C=O) groups is 2. The summed E-state index contributed by atoms with van der Waals surface area (Å²) in [5.74, 6) is -0.796. The van der Waals surface area contributed by atoms with Gasteiger partial charge in [-0.15, -0.1) is 0 Å². The van der Waals surface area contributed by atoms with E-state index in [1.54, 1.807) is 6.07 Å². The molecule has 6 nitrogen and oxygen atoms in total. The summed E-state index contributed by atoms with van der Waals surface area (Å²) in [5.41, 5.74) is 0.220. The fourth-order valence-electron chi connectivity index (χ4n) is 1.99. The molecular formula is C14H16O6. The normalized spacial score (nSPS) is 20.8. The molecule has 0 heterocycles. The van der Waals surface area contributed by atoms with E-state index in [-0.39, 0.29) is 23.3 Å². The highest BCUT2D eigenvalue weighted by atomic mass is 16.5. The number of rotatable bonds is 4. The summed E-state index contributed by atoms with van der Waals surface area (Å²) in [6.07, 6.45) is 0.729. The van der Waals surface area contributed by atoms with E-state index in [2.05, 4.69) is 9.47 Å². The summed E-state index contributed by atoms with van der Waals surface area (Å²) in [5, 5.41) is 9.21. The number of benzene rings is 1. The van der Waals surface area contributed by atoms with Gasteiger partial charge >= 0.3 is 11.9 Å². The van der Waals surface area contributed by atoms with Crippen molar-refractivity contribution < 1.29 is 28.9 Å². The molecule has 6 heteroatoms. The predicted molar refractivity (Wildman–Crippen MR) is 68.8 cm³/mol. The van der Waals surface area contributed by atoms with Crippen LogP contribution in [0.2, 0.25) is 0 Å². The van der Waals surface area contributed by atoms with Gasteiger partial charge < -0.3 is 19.3 Å². The monoisotopic (exact) mass is 280 g/mol. The minimum atomic E-state index is -0.635. The van der Waals surface area contributed by atoms with Crippen LogP contribution in [0.15, 0.2) is 18.2 Å². The molecule has 0 bridgehead atoms. The molecule has 0 aliphatic heterocycles. The number of ether oxygens (including phenoxy) is 3. The first-order valence-electron chi connectivity index (χ1n) is 6.20. The summed E-state index contributed by atoms with van der Waals surface area (Å²) in [6, 6.07) is 4.49. The van der Waals surface area contributed by atoms with Crippen LogP contribution in [0, 0.1) is 0 Å². The zero-order valence-corrected chi connectivity index (χ0v) is 11.3. The van der Waals surface area contributed by atoms with Gasteiger partial charge in [0, 0.05) is 12.8 Å². The van der Waals surface area contributed by atoms with E-state index < -0.39 is 11.9 Å². The number of carbonyl (C=O) groups excluding carboxylic acids is 2. The molecule has 0 amide bonds. The fourth-order valence-corrected chi connectivity index (χ4v) is 1.99. The first kappa shape index (κ1) is 14.3. The lowest BCUT2D eigenvalue weighted by atomic mass is 9.92. The molecule has 1 aliphatic carbocycles. The fraction of sp³-hybridized carbons (Fsp3) is 0.429. The van der Waals surface area contributed by atoms with E-state index >= 15 is 0 Å². The van der Waals surface area contributed by atoms with Gasteiger partial charge in [0.2, 0.25) is 0 Å². The Hall–Kier alpha value is -2.08. The Morgan fingerprint density at radius 3 is 2.25 bits per heavy atom. The highest BCUT2D eigenvalue weighted by Crippen LogP contribution is 2.27. The number of aliphatic hydroxyl groups excluding tert-OH is 1. The summed E-state index contributed by atoms with van der Waals surface area (Å²) in [6.45, 7) is 0. The van der Waals surface area contributed by atoms with Crippen molar-refractivity contribution >= 4 is 11.9 Å². The third-order valence-corrected chi connectivity index (χ3v) is 3.17. The van der Waals surface area contributed by atoms with E-state index in [1.165, 1.54) is 26.4 Å². The van der Waals surface area contributed by atoms with Crippen LogP contribution in [0.1, 0.15) is 33.6 Å². The highest BCUT2D eigenvalue weighted by molar-refractivity contribution is 6.03. The summed E-state index contributed by atoms with van der Waals surface area (Å²) >= 11 is 0. The van der Waals surface area contributed by atoms with Crippen LogP contribution in [-0.4, -0.2) is 43.5 Å². The van der Waals surface area contributed by atoms with Gasteiger partial charge in [-0.1, -0.05) is 0 Å². The van der Waals surface area contributed by atoms with E-state index in [4.69, 9.17) is 4.74 Å². The highest BCUT2D eigenvalue weighted by Gasteiger charge is 2.29. The van der Waals surface area contributed by atoms with Crippen LogP contribution < -0.4 is 4.74 Å². The largest absolute Gasteiger partial charge is 0.490 e. The predicted octanol–water partition coefficient (Wildman–Crippen LogP) is 1.16.